The van der Waals surface area contributed by atoms with Crippen molar-refractivity contribution in [3.05, 3.63) is 24.3 Å². The van der Waals surface area contributed by atoms with Crippen LogP contribution in [0.5, 0.6) is 11.5 Å². The maximum absolute atomic E-state index is 12.1. The first kappa shape index (κ1) is 20.3. The van der Waals surface area contributed by atoms with Gasteiger partial charge in [0, 0.05) is 32.7 Å². The molecule has 1 aliphatic heterocycles. The Kier molecular flexibility index (Phi) is 7.11. The van der Waals surface area contributed by atoms with Crippen LogP contribution < -0.4 is 9.47 Å². The Morgan fingerprint density at radius 1 is 1.15 bits per heavy atom. The topological polar surface area (TPSA) is 71.5 Å². The van der Waals surface area contributed by atoms with E-state index in [9.17, 15) is 9.90 Å². The monoisotopic (exact) mass is 366 g/mol. The highest BCUT2D eigenvalue weighted by molar-refractivity contribution is 5.68. The number of aliphatic hydroxyl groups is 1. The Hall–Kier alpha value is -1.99. The second kappa shape index (κ2) is 9.09. The van der Waals surface area contributed by atoms with Crippen molar-refractivity contribution in [3.8, 4) is 11.5 Å². The Labute approximate surface area is 155 Å². The lowest BCUT2D eigenvalue weighted by Crippen LogP contribution is -2.51. The Balaban J connectivity index is 1.72. The molecule has 1 atom stereocenters. The molecule has 1 unspecified atom stereocenters. The van der Waals surface area contributed by atoms with Crippen LogP contribution in [0.4, 0.5) is 4.79 Å². The number of aliphatic hydroxyl groups excluding tert-OH is 1. The van der Waals surface area contributed by atoms with E-state index in [1.165, 1.54) is 0 Å². The Morgan fingerprint density at radius 2 is 1.77 bits per heavy atom. The van der Waals surface area contributed by atoms with Gasteiger partial charge in [0.25, 0.3) is 0 Å². The molecule has 0 aromatic heterocycles. The zero-order valence-electron chi connectivity index (χ0n) is 16.1. The van der Waals surface area contributed by atoms with E-state index in [0.29, 0.717) is 44.2 Å². The third-order valence-electron chi connectivity index (χ3n) is 3.99. The summed E-state index contributed by atoms with van der Waals surface area (Å²) in [5.41, 5.74) is -0.486. The lowest BCUT2D eigenvalue weighted by Gasteiger charge is -2.36. The number of hydrogen-bond donors (Lipinski definition) is 1. The van der Waals surface area contributed by atoms with Crippen molar-refractivity contribution in [2.45, 2.75) is 32.5 Å². The van der Waals surface area contributed by atoms with Crippen LogP contribution in [0.3, 0.4) is 0 Å². The van der Waals surface area contributed by atoms with E-state index in [0.717, 1.165) is 0 Å². The van der Waals surface area contributed by atoms with Crippen LogP contribution in [0.15, 0.2) is 24.3 Å². The van der Waals surface area contributed by atoms with Crippen molar-refractivity contribution in [1.82, 2.24) is 9.80 Å². The van der Waals surface area contributed by atoms with E-state index in [4.69, 9.17) is 14.2 Å². The summed E-state index contributed by atoms with van der Waals surface area (Å²) in [6.45, 7) is 8.85. The first-order valence-corrected chi connectivity index (χ1v) is 8.92. The fraction of sp³-hybridized carbons (Fsp3) is 0.632. The van der Waals surface area contributed by atoms with Crippen LogP contribution in [0.2, 0.25) is 0 Å². The molecule has 7 heteroatoms. The number of methoxy groups -OCH3 is 1. The quantitative estimate of drug-likeness (QED) is 0.830. The van der Waals surface area contributed by atoms with Gasteiger partial charge >= 0.3 is 6.09 Å². The number of nitrogens with zero attached hydrogens (tertiary/aromatic N) is 2. The van der Waals surface area contributed by atoms with Crippen molar-refractivity contribution in [2.24, 2.45) is 0 Å². The predicted octanol–water partition coefficient (Wildman–Crippen LogP) is 1.99. The molecule has 1 N–H and O–H groups in total. The van der Waals surface area contributed by atoms with E-state index >= 15 is 0 Å². The molecule has 1 aromatic rings. The van der Waals surface area contributed by atoms with Crippen molar-refractivity contribution in [2.75, 3.05) is 46.4 Å². The number of ether oxygens (including phenoxy) is 3. The number of hydrogen-bond acceptors (Lipinski definition) is 6. The molecule has 1 fully saturated rings. The van der Waals surface area contributed by atoms with E-state index in [2.05, 4.69) is 4.90 Å². The molecular weight excluding hydrogens is 336 g/mol. The van der Waals surface area contributed by atoms with E-state index in [1.54, 1.807) is 12.0 Å². The summed E-state index contributed by atoms with van der Waals surface area (Å²) >= 11 is 0. The highest BCUT2D eigenvalue weighted by atomic mass is 16.6. The van der Waals surface area contributed by atoms with Gasteiger partial charge < -0.3 is 24.2 Å². The van der Waals surface area contributed by atoms with Gasteiger partial charge in [0.1, 0.15) is 18.3 Å². The van der Waals surface area contributed by atoms with Crippen LogP contribution in [0.25, 0.3) is 0 Å². The number of rotatable bonds is 6. The lowest BCUT2D eigenvalue weighted by atomic mass is 10.2. The second-order valence-corrected chi connectivity index (χ2v) is 7.38. The van der Waals surface area contributed by atoms with Gasteiger partial charge in [0.15, 0.2) is 11.5 Å². The summed E-state index contributed by atoms with van der Waals surface area (Å²) in [5, 5.41) is 10.2. The summed E-state index contributed by atoms with van der Waals surface area (Å²) < 4.78 is 16.3. The van der Waals surface area contributed by atoms with Gasteiger partial charge in [0.2, 0.25) is 0 Å². The van der Waals surface area contributed by atoms with Gasteiger partial charge in [0.05, 0.1) is 7.11 Å². The molecule has 1 saturated heterocycles. The Bertz CT molecular complexity index is 580. The van der Waals surface area contributed by atoms with E-state index in [-0.39, 0.29) is 12.7 Å². The molecule has 0 bridgehead atoms. The molecule has 0 spiro atoms. The second-order valence-electron chi connectivity index (χ2n) is 7.38. The third-order valence-corrected chi connectivity index (χ3v) is 3.99. The van der Waals surface area contributed by atoms with E-state index in [1.807, 2.05) is 45.0 Å². The molecule has 1 heterocycles. The molecule has 7 nitrogen and oxygen atoms in total. The first-order valence-electron chi connectivity index (χ1n) is 8.92. The summed E-state index contributed by atoms with van der Waals surface area (Å²) in [6, 6.07) is 7.36. The number of carbonyl (C=O) groups is 1. The number of piperazine rings is 1. The highest BCUT2D eigenvalue weighted by Crippen LogP contribution is 2.25. The van der Waals surface area contributed by atoms with Crippen molar-refractivity contribution >= 4 is 6.09 Å². The van der Waals surface area contributed by atoms with Gasteiger partial charge in [-0.1, -0.05) is 12.1 Å². The number of para-hydroxylation sites is 2. The zero-order chi connectivity index (χ0) is 19.2. The van der Waals surface area contributed by atoms with Crippen molar-refractivity contribution in [3.63, 3.8) is 0 Å². The lowest BCUT2D eigenvalue weighted by molar-refractivity contribution is 0.00706. The fourth-order valence-electron chi connectivity index (χ4n) is 2.71. The fourth-order valence-corrected chi connectivity index (χ4v) is 2.71. The molecule has 2 rings (SSSR count). The molecule has 1 aromatic carbocycles. The van der Waals surface area contributed by atoms with Crippen LogP contribution >= 0.6 is 0 Å². The zero-order valence-corrected chi connectivity index (χ0v) is 16.1. The van der Waals surface area contributed by atoms with Gasteiger partial charge in [-0.25, -0.2) is 4.79 Å². The molecule has 26 heavy (non-hydrogen) atoms. The average molecular weight is 366 g/mol. The van der Waals surface area contributed by atoms with Crippen molar-refractivity contribution in [1.29, 1.82) is 0 Å². The maximum atomic E-state index is 12.1. The van der Waals surface area contributed by atoms with Crippen LogP contribution in [0, 0.1) is 0 Å². The summed E-state index contributed by atoms with van der Waals surface area (Å²) in [7, 11) is 1.59. The van der Waals surface area contributed by atoms with Crippen LogP contribution in [-0.2, 0) is 4.74 Å². The van der Waals surface area contributed by atoms with Gasteiger partial charge in [-0.05, 0) is 32.9 Å². The maximum Gasteiger partial charge on any atom is 0.410 e. The molecule has 1 amide bonds. The SMILES string of the molecule is COc1ccccc1OCC(O)CN1CCN(C(=O)OC(C)(C)C)CC1. The summed E-state index contributed by atoms with van der Waals surface area (Å²) in [6.07, 6.45) is -0.898. The average Bonchev–Trinajstić information content (AvgIpc) is 2.59. The first-order chi connectivity index (χ1) is 12.3. The largest absolute Gasteiger partial charge is 0.493 e. The minimum absolute atomic E-state index is 0.187. The van der Waals surface area contributed by atoms with E-state index < -0.39 is 11.7 Å². The van der Waals surface area contributed by atoms with Crippen LogP contribution in [-0.4, -0.2) is 79.1 Å². The number of amides is 1. The third kappa shape index (κ3) is 6.38. The minimum atomic E-state index is -0.618. The summed E-state index contributed by atoms with van der Waals surface area (Å²) in [4.78, 5) is 15.9. The number of benzene rings is 1. The normalized spacial score (nSPS) is 16.9. The minimum Gasteiger partial charge on any atom is -0.493 e. The number of carbonyl (C=O) groups excluding carboxylic acids is 1. The van der Waals surface area contributed by atoms with Gasteiger partial charge in [-0.15, -0.1) is 0 Å². The smallest absolute Gasteiger partial charge is 0.410 e. The molecule has 0 saturated carbocycles. The predicted molar refractivity (Wildman–Crippen MR) is 98.7 cm³/mol. The van der Waals surface area contributed by atoms with Gasteiger partial charge in [-0.2, -0.15) is 0 Å². The molecule has 0 aliphatic carbocycles. The van der Waals surface area contributed by atoms with Crippen LogP contribution in [0.1, 0.15) is 20.8 Å². The number of β-amino-alcohol motifs (C(OH)–C–C–N with tert-alkyl or cyclic N) is 1. The van der Waals surface area contributed by atoms with Gasteiger partial charge in [-0.3, -0.25) is 4.90 Å². The Morgan fingerprint density at radius 3 is 2.35 bits per heavy atom. The molecule has 1 aliphatic rings. The molecule has 0 radical (unpaired) electrons. The summed E-state index contributed by atoms with van der Waals surface area (Å²) in [5.74, 6) is 1.26. The molecule has 146 valence electrons. The highest BCUT2D eigenvalue weighted by Gasteiger charge is 2.26. The van der Waals surface area contributed by atoms with Crippen molar-refractivity contribution < 1.29 is 24.1 Å². The standard InChI is InChI=1S/C19H30N2O5/c1-19(2,3)26-18(23)21-11-9-20(10-12-21)13-15(22)14-25-17-8-6-5-7-16(17)24-4/h5-8,15,22H,9-14H2,1-4H3. The molecular formula is C19H30N2O5.